The van der Waals surface area contributed by atoms with Crippen LogP contribution < -0.4 is 10.1 Å². The summed E-state index contributed by atoms with van der Waals surface area (Å²) >= 11 is 0. The van der Waals surface area contributed by atoms with Crippen molar-refractivity contribution >= 4 is 11.8 Å². The van der Waals surface area contributed by atoms with E-state index in [9.17, 15) is 9.59 Å². The molecule has 2 aromatic carbocycles. The minimum atomic E-state index is -0.348. The van der Waals surface area contributed by atoms with Crippen molar-refractivity contribution in [3.8, 4) is 5.75 Å². The zero-order valence-corrected chi connectivity index (χ0v) is 11.8. The van der Waals surface area contributed by atoms with Gasteiger partial charge in [-0.1, -0.05) is 42.5 Å². The van der Waals surface area contributed by atoms with Crippen LogP contribution in [0.15, 0.2) is 54.6 Å². The highest BCUT2D eigenvalue weighted by molar-refractivity contribution is 5.98. The topological polar surface area (TPSA) is 55.4 Å². The van der Waals surface area contributed by atoms with E-state index < -0.39 is 0 Å². The Kier molecular flexibility index (Phi) is 5.23. The second kappa shape index (κ2) is 7.36. The number of Topliss-reactive ketones (excluding diaryl/α,β-unsaturated/α-hetero) is 1. The van der Waals surface area contributed by atoms with Gasteiger partial charge in [0.25, 0.3) is 0 Å². The first kappa shape index (κ1) is 14.9. The fourth-order valence-electron chi connectivity index (χ4n) is 1.93. The summed E-state index contributed by atoms with van der Waals surface area (Å²) in [6, 6.07) is 16.0. The van der Waals surface area contributed by atoms with E-state index in [1.165, 1.54) is 0 Å². The van der Waals surface area contributed by atoms with Crippen molar-refractivity contribution in [2.24, 2.45) is 0 Å². The van der Waals surface area contributed by atoms with Gasteiger partial charge in [0, 0.05) is 5.56 Å². The van der Waals surface area contributed by atoms with Crippen LogP contribution in [0.1, 0.15) is 15.9 Å². The van der Waals surface area contributed by atoms with Crippen molar-refractivity contribution in [1.82, 2.24) is 5.32 Å². The summed E-state index contributed by atoms with van der Waals surface area (Å²) in [5.41, 5.74) is 1.42. The fourth-order valence-corrected chi connectivity index (χ4v) is 1.93. The first-order valence-corrected chi connectivity index (χ1v) is 6.71. The van der Waals surface area contributed by atoms with Crippen molar-refractivity contribution in [2.75, 3.05) is 13.6 Å². The Bertz CT molecular complexity index is 623. The molecule has 0 bridgehead atoms. The van der Waals surface area contributed by atoms with Gasteiger partial charge in [0.15, 0.2) is 5.78 Å². The predicted octanol–water partition coefficient (Wildman–Crippen LogP) is 2.24. The molecule has 21 heavy (non-hydrogen) atoms. The Hall–Kier alpha value is -2.46. The number of benzene rings is 2. The Morgan fingerprint density at radius 3 is 2.52 bits per heavy atom. The summed E-state index contributed by atoms with van der Waals surface area (Å²) in [7, 11) is 1.71. The molecule has 108 valence electrons. The van der Waals surface area contributed by atoms with E-state index in [4.69, 9.17) is 4.74 Å². The lowest BCUT2D eigenvalue weighted by molar-refractivity contribution is -0.133. The molecule has 0 radical (unpaired) electrons. The minimum Gasteiger partial charge on any atom is -0.426 e. The van der Waals surface area contributed by atoms with E-state index in [-0.39, 0.29) is 24.7 Å². The largest absolute Gasteiger partial charge is 0.426 e. The molecule has 0 fully saturated rings. The lowest BCUT2D eigenvalue weighted by atomic mass is 10.1. The number of rotatable bonds is 6. The molecule has 2 aromatic rings. The number of carbonyl (C=O) groups excluding carboxylic acids is 2. The molecule has 0 saturated carbocycles. The van der Waals surface area contributed by atoms with Crippen LogP contribution in [0.3, 0.4) is 0 Å². The maximum absolute atomic E-state index is 11.9. The third-order valence-electron chi connectivity index (χ3n) is 2.92. The molecule has 0 aliphatic rings. The number of hydrogen-bond acceptors (Lipinski definition) is 4. The highest BCUT2D eigenvalue weighted by Crippen LogP contribution is 2.15. The van der Waals surface area contributed by atoms with Gasteiger partial charge in [0.05, 0.1) is 13.0 Å². The molecule has 1 N–H and O–H groups in total. The predicted molar refractivity (Wildman–Crippen MR) is 80.5 cm³/mol. The van der Waals surface area contributed by atoms with Crippen LogP contribution in [0, 0.1) is 0 Å². The number of nitrogens with one attached hydrogen (secondary N) is 1. The van der Waals surface area contributed by atoms with Crippen LogP contribution in [0.2, 0.25) is 0 Å². The van der Waals surface area contributed by atoms with Crippen LogP contribution >= 0.6 is 0 Å². The van der Waals surface area contributed by atoms with E-state index in [1.807, 2.05) is 30.3 Å². The standard InChI is InChI=1S/C17H17NO3/c1-18-12-16(19)14-8-5-9-15(11-14)21-17(20)10-13-6-3-2-4-7-13/h2-9,11,18H,10,12H2,1H3. The van der Waals surface area contributed by atoms with Gasteiger partial charge in [-0.05, 0) is 24.7 Å². The van der Waals surface area contributed by atoms with Crippen LogP contribution in [0.25, 0.3) is 0 Å². The quantitative estimate of drug-likeness (QED) is 0.502. The molecule has 0 aliphatic carbocycles. The van der Waals surface area contributed by atoms with Crippen LogP contribution in [0.5, 0.6) is 5.75 Å². The third-order valence-corrected chi connectivity index (χ3v) is 2.92. The normalized spacial score (nSPS) is 10.1. The summed E-state index contributed by atoms with van der Waals surface area (Å²) in [6.07, 6.45) is 0.204. The molecule has 0 saturated heterocycles. The van der Waals surface area contributed by atoms with Gasteiger partial charge in [-0.3, -0.25) is 9.59 Å². The zero-order chi connectivity index (χ0) is 15.1. The maximum atomic E-state index is 11.9. The third kappa shape index (κ3) is 4.54. The molecular formula is C17H17NO3. The first-order chi connectivity index (χ1) is 10.2. The summed E-state index contributed by atoms with van der Waals surface area (Å²) in [4.78, 5) is 23.6. The number of ketones is 1. The zero-order valence-electron chi connectivity index (χ0n) is 11.8. The van der Waals surface area contributed by atoms with Gasteiger partial charge in [-0.15, -0.1) is 0 Å². The van der Waals surface area contributed by atoms with Crippen LogP contribution in [0.4, 0.5) is 0 Å². The minimum absolute atomic E-state index is 0.0431. The van der Waals surface area contributed by atoms with Crippen molar-refractivity contribution in [1.29, 1.82) is 0 Å². The molecule has 0 aliphatic heterocycles. The molecule has 4 heteroatoms. The number of ether oxygens (including phenoxy) is 1. The lowest BCUT2D eigenvalue weighted by Crippen LogP contribution is -2.18. The first-order valence-electron chi connectivity index (χ1n) is 6.71. The Morgan fingerprint density at radius 2 is 1.81 bits per heavy atom. The highest BCUT2D eigenvalue weighted by Gasteiger charge is 2.09. The fraction of sp³-hybridized carbons (Fsp3) is 0.176. The monoisotopic (exact) mass is 283 g/mol. The Labute approximate surface area is 123 Å². The molecule has 0 aromatic heterocycles. The molecule has 0 unspecified atom stereocenters. The van der Waals surface area contributed by atoms with E-state index in [2.05, 4.69) is 5.32 Å². The van der Waals surface area contributed by atoms with Gasteiger partial charge in [0.1, 0.15) is 5.75 Å². The lowest BCUT2D eigenvalue weighted by Gasteiger charge is -2.06. The number of carbonyl (C=O) groups is 2. The highest BCUT2D eigenvalue weighted by atomic mass is 16.5. The maximum Gasteiger partial charge on any atom is 0.315 e. The summed E-state index contributed by atoms with van der Waals surface area (Å²) in [5, 5.41) is 2.80. The molecule has 0 amide bonds. The molecule has 0 heterocycles. The second-order valence-electron chi connectivity index (χ2n) is 4.62. The second-order valence-corrected chi connectivity index (χ2v) is 4.62. The average Bonchev–Trinajstić information content (AvgIpc) is 2.48. The molecule has 2 rings (SSSR count). The SMILES string of the molecule is CNCC(=O)c1cccc(OC(=O)Cc2ccccc2)c1. The number of esters is 1. The summed E-state index contributed by atoms with van der Waals surface area (Å²) < 4.78 is 5.28. The van der Waals surface area contributed by atoms with Crippen molar-refractivity contribution in [2.45, 2.75) is 6.42 Å². The van der Waals surface area contributed by atoms with Crippen LogP contribution in [-0.2, 0) is 11.2 Å². The van der Waals surface area contributed by atoms with E-state index >= 15 is 0 Å². The van der Waals surface area contributed by atoms with Crippen LogP contribution in [-0.4, -0.2) is 25.3 Å². The molecule has 0 atom stereocenters. The Morgan fingerprint density at radius 1 is 1.05 bits per heavy atom. The Balaban J connectivity index is 2.01. The smallest absolute Gasteiger partial charge is 0.315 e. The summed E-state index contributed by atoms with van der Waals surface area (Å²) in [5.74, 6) is -0.00393. The van der Waals surface area contributed by atoms with Gasteiger partial charge < -0.3 is 10.1 Å². The van der Waals surface area contributed by atoms with Gasteiger partial charge in [0.2, 0.25) is 0 Å². The molecular weight excluding hydrogens is 266 g/mol. The summed E-state index contributed by atoms with van der Waals surface area (Å²) in [6.45, 7) is 0.251. The van der Waals surface area contributed by atoms with Gasteiger partial charge in [-0.25, -0.2) is 0 Å². The van der Waals surface area contributed by atoms with E-state index in [0.717, 1.165) is 5.56 Å². The van der Waals surface area contributed by atoms with Gasteiger partial charge >= 0.3 is 5.97 Å². The number of likely N-dealkylation sites (N-methyl/N-ethyl adjacent to an activating group) is 1. The van der Waals surface area contributed by atoms with E-state index in [0.29, 0.717) is 11.3 Å². The van der Waals surface area contributed by atoms with Crippen molar-refractivity contribution in [3.05, 3.63) is 65.7 Å². The molecule has 4 nitrogen and oxygen atoms in total. The van der Waals surface area contributed by atoms with Gasteiger partial charge in [-0.2, -0.15) is 0 Å². The number of hydrogen-bond donors (Lipinski definition) is 1. The molecule has 0 spiro atoms. The average molecular weight is 283 g/mol. The van der Waals surface area contributed by atoms with Crippen molar-refractivity contribution in [3.63, 3.8) is 0 Å². The van der Waals surface area contributed by atoms with Crippen molar-refractivity contribution < 1.29 is 14.3 Å². The van der Waals surface area contributed by atoms with E-state index in [1.54, 1.807) is 31.3 Å².